The second kappa shape index (κ2) is 6.01. The van der Waals surface area contributed by atoms with Crippen molar-refractivity contribution in [3.63, 3.8) is 0 Å². The number of aromatic nitrogens is 2. The number of rotatable bonds is 4. The third kappa shape index (κ3) is 3.08. The number of pyridine rings is 1. The summed E-state index contributed by atoms with van der Waals surface area (Å²) in [5.41, 5.74) is 3.21. The van der Waals surface area contributed by atoms with E-state index in [2.05, 4.69) is 15.3 Å². The van der Waals surface area contributed by atoms with Gasteiger partial charge in [0, 0.05) is 22.8 Å². The third-order valence-corrected chi connectivity index (χ3v) is 4.08. The van der Waals surface area contributed by atoms with Crippen LogP contribution in [0.25, 0.3) is 10.7 Å². The first-order valence-electron chi connectivity index (χ1n) is 6.59. The minimum atomic E-state index is -0.201. The molecule has 0 bridgehead atoms. The van der Waals surface area contributed by atoms with Crippen LogP contribution in [0, 0.1) is 12.7 Å². The van der Waals surface area contributed by atoms with Crippen molar-refractivity contribution in [2.24, 2.45) is 0 Å². The summed E-state index contributed by atoms with van der Waals surface area (Å²) in [7, 11) is 0. The summed E-state index contributed by atoms with van der Waals surface area (Å²) < 4.78 is 13.5. The Morgan fingerprint density at radius 2 is 2.10 bits per heavy atom. The molecule has 2 aromatic heterocycles. The fourth-order valence-corrected chi connectivity index (χ4v) is 2.78. The Bertz CT molecular complexity index is 740. The van der Waals surface area contributed by atoms with Gasteiger partial charge < -0.3 is 5.32 Å². The molecule has 1 N–H and O–H groups in total. The molecule has 0 aliphatic rings. The predicted octanol–water partition coefficient (Wildman–Crippen LogP) is 4.26. The molecule has 2 heterocycles. The number of hydrogen-bond acceptors (Lipinski definition) is 4. The molecule has 1 aromatic carbocycles. The monoisotopic (exact) mass is 299 g/mol. The van der Waals surface area contributed by atoms with Crippen LogP contribution in [0.2, 0.25) is 0 Å². The van der Waals surface area contributed by atoms with Crippen LogP contribution in [0.3, 0.4) is 0 Å². The number of thiazole rings is 1. The van der Waals surface area contributed by atoms with Crippen molar-refractivity contribution in [2.45, 2.75) is 13.5 Å². The lowest BCUT2D eigenvalue weighted by Gasteiger charge is -2.08. The van der Waals surface area contributed by atoms with E-state index in [1.54, 1.807) is 30.5 Å². The van der Waals surface area contributed by atoms with Crippen LogP contribution in [0.1, 0.15) is 11.3 Å². The average molecular weight is 299 g/mol. The summed E-state index contributed by atoms with van der Waals surface area (Å²) in [4.78, 5) is 8.83. The van der Waals surface area contributed by atoms with Crippen molar-refractivity contribution in [1.82, 2.24) is 9.97 Å². The zero-order valence-corrected chi connectivity index (χ0v) is 12.3. The SMILES string of the molecule is Cc1c(F)cccc1NCc1csc(-c2ccccn2)n1. The standard InChI is InChI=1S/C16H14FN3S/c1-11-13(17)5-4-7-14(11)19-9-12-10-21-16(20-12)15-6-2-3-8-18-15/h2-8,10,19H,9H2,1H3. The van der Waals surface area contributed by atoms with E-state index in [4.69, 9.17) is 0 Å². The molecule has 0 saturated heterocycles. The van der Waals surface area contributed by atoms with Crippen molar-refractivity contribution >= 4 is 17.0 Å². The minimum Gasteiger partial charge on any atom is -0.379 e. The molecule has 0 atom stereocenters. The fourth-order valence-electron chi connectivity index (χ4n) is 1.98. The second-order valence-electron chi connectivity index (χ2n) is 4.62. The van der Waals surface area contributed by atoms with Gasteiger partial charge in [-0.25, -0.2) is 9.37 Å². The normalized spacial score (nSPS) is 10.6. The van der Waals surface area contributed by atoms with Crippen LogP contribution in [-0.4, -0.2) is 9.97 Å². The summed E-state index contributed by atoms with van der Waals surface area (Å²) in [5, 5.41) is 6.10. The highest BCUT2D eigenvalue weighted by Crippen LogP contribution is 2.23. The van der Waals surface area contributed by atoms with Crippen LogP contribution in [0.5, 0.6) is 0 Å². The Morgan fingerprint density at radius 1 is 1.19 bits per heavy atom. The Morgan fingerprint density at radius 3 is 2.90 bits per heavy atom. The van der Waals surface area contributed by atoms with Gasteiger partial charge in [0.15, 0.2) is 0 Å². The molecule has 0 radical (unpaired) electrons. The molecular weight excluding hydrogens is 285 g/mol. The van der Waals surface area contributed by atoms with E-state index in [1.165, 1.54) is 6.07 Å². The summed E-state index contributed by atoms with van der Waals surface area (Å²) >= 11 is 1.56. The Hall–Kier alpha value is -2.27. The van der Waals surface area contributed by atoms with Crippen molar-refractivity contribution in [1.29, 1.82) is 0 Å². The Labute approximate surface area is 126 Å². The van der Waals surface area contributed by atoms with Gasteiger partial charge in [-0.3, -0.25) is 4.98 Å². The van der Waals surface area contributed by atoms with Gasteiger partial charge in [0.1, 0.15) is 10.8 Å². The Balaban J connectivity index is 1.72. The third-order valence-electron chi connectivity index (χ3n) is 3.16. The highest BCUT2D eigenvalue weighted by atomic mass is 32.1. The van der Waals surface area contributed by atoms with E-state index < -0.39 is 0 Å². The largest absolute Gasteiger partial charge is 0.379 e. The van der Waals surface area contributed by atoms with Gasteiger partial charge in [-0.1, -0.05) is 12.1 Å². The summed E-state index contributed by atoms with van der Waals surface area (Å²) in [5.74, 6) is -0.201. The first kappa shape index (κ1) is 13.7. The van der Waals surface area contributed by atoms with Crippen LogP contribution in [0.4, 0.5) is 10.1 Å². The first-order chi connectivity index (χ1) is 10.2. The maximum absolute atomic E-state index is 13.5. The first-order valence-corrected chi connectivity index (χ1v) is 7.47. The van der Waals surface area contributed by atoms with Crippen LogP contribution < -0.4 is 5.32 Å². The minimum absolute atomic E-state index is 0.201. The van der Waals surface area contributed by atoms with Gasteiger partial charge >= 0.3 is 0 Å². The van der Waals surface area contributed by atoms with Gasteiger partial charge in [0.05, 0.1) is 17.9 Å². The molecule has 0 amide bonds. The maximum atomic E-state index is 13.5. The molecule has 0 spiro atoms. The van der Waals surface area contributed by atoms with Crippen molar-refractivity contribution in [3.05, 3.63) is 65.0 Å². The number of nitrogens with one attached hydrogen (secondary N) is 1. The molecule has 106 valence electrons. The highest BCUT2D eigenvalue weighted by Gasteiger charge is 2.07. The van der Waals surface area contributed by atoms with E-state index in [0.29, 0.717) is 12.1 Å². The number of hydrogen-bond donors (Lipinski definition) is 1. The number of anilines is 1. The molecule has 0 fully saturated rings. The van der Waals surface area contributed by atoms with Crippen LogP contribution in [0.15, 0.2) is 48.0 Å². The zero-order valence-electron chi connectivity index (χ0n) is 11.5. The van der Waals surface area contributed by atoms with E-state index in [-0.39, 0.29) is 5.82 Å². The van der Waals surface area contributed by atoms with Gasteiger partial charge in [-0.2, -0.15) is 0 Å². The lowest BCUT2D eigenvalue weighted by atomic mass is 10.2. The van der Waals surface area contributed by atoms with Gasteiger partial charge in [0.2, 0.25) is 0 Å². The van der Waals surface area contributed by atoms with Crippen LogP contribution >= 0.6 is 11.3 Å². The summed E-state index contributed by atoms with van der Waals surface area (Å²) in [6, 6.07) is 10.8. The van der Waals surface area contributed by atoms with Gasteiger partial charge in [0.25, 0.3) is 0 Å². The van der Waals surface area contributed by atoms with Crippen molar-refractivity contribution in [2.75, 3.05) is 5.32 Å². The van der Waals surface area contributed by atoms with E-state index in [1.807, 2.05) is 29.6 Å². The second-order valence-corrected chi connectivity index (χ2v) is 5.48. The molecule has 0 aliphatic heterocycles. The molecule has 3 rings (SSSR count). The Kier molecular flexibility index (Phi) is 3.92. The molecule has 0 aliphatic carbocycles. The van der Waals surface area contributed by atoms with Gasteiger partial charge in [-0.15, -0.1) is 11.3 Å². The lowest BCUT2D eigenvalue weighted by molar-refractivity contribution is 0.619. The van der Waals surface area contributed by atoms with E-state index >= 15 is 0 Å². The molecular formula is C16H14FN3S. The highest BCUT2D eigenvalue weighted by molar-refractivity contribution is 7.13. The zero-order chi connectivity index (χ0) is 14.7. The lowest BCUT2D eigenvalue weighted by Crippen LogP contribution is -2.02. The maximum Gasteiger partial charge on any atom is 0.142 e. The number of halogens is 1. The predicted molar refractivity (Wildman–Crippen MR) is 83.8 cm³/mol. The van der Waals surface area contributed by atoms with Gasteiger partial charge in [-0.05, 0) is 31.2 Å². The summed E-state index contributed by atoms with van der Waals surface area (Å²) in [6.07, 6.45) is 1.75. The molecule has 0 unspecified atom stereocenters. The number of benzene rings is 1. The topological polar surface area (TPSA) is 37.8 Å². The van der Waals surface area contributed by atoms with E-state index in [0.717, 1.165) is 22.1 Å². The van der Waals surface area contributed by atoms with Crippen molar-refractivity contribution in [3.8, 4) is 10.7 Å². The molecule has 3 aromatic rings. The number of nitrogens with zero attached hydrogens (tertiary/aromatic N) is 2. The molecule has 0 saturated carbocycles. The summed E-state index contributed by atoms with van der Waals surface area (Å²) in [6.45, 7) is 2.33. The molecule has 5 heteroatoms. The molecule has 21 heavy (non-hydrogen) atoms. The van der Waals surface area contributed by atoms with Crippen LogP contribution in [-0.2, 0) is 6.54 Å². The molecule has 3 nitrogen and oxygen atoms in total. The quantitative estimate of drug-likeness (QED) is 0.782. The average Bonchev–Trinajstić information content (AvgIpc) is 2.99. The smallest absolute Gasteiger partial charge is 0.142 e. The fraction of sp³-hybridized carbons (Fsp3) is 0.125. The van der Waals surface area contributed by atoms with Crippen molar-refractivity contribution < 1.29 is 4.39 Å². The van der Waals surface area contributed by atoms with E-state index in [9.17, 15) is 4.39 Å².